The lowest BCUT2D eigenvalue weighted by atomic mass is 10.1. The fourth-order valence-corrected chi connectivity index (χ4v) is 2.39. The zero-order chi connectivity index (χ0) is 13.9. The fraction of sp³-hybridized carbons (Fsp3) is 0.647. The van der Waals surface area contributed by atoms with Crippen LogP contribution in [0.15, 0.2) is 30.3 Å². The van der Waals surface area contributed by atoms with Crippen LogP contribution in [0.2, 0.25) is 0 Å². The maximum Gasteiger partial charge on any atom is 0.0540 e. The summed E-state index contributed by atoms with van der Waals surface area (Å²) in [4.78, 5) is 2.48. The minimum absolute atomic E-state index is 0.0992. The maximum atomic E-state index is 9.72. The molecule has 0 aromatic heterocycles. The van der Waals surface area contributed by atoms with Gasteiger partial charge < -0.3 is 10.0 Å². The van der Waals surface area contributed by atoms with Gasteiger partial charge >= 0.3 is 0 Å². The molecule has 0 fully saturated rings. The molecule has 0 aliphatic carbocycles. The molecular weight excluding hydrogens is 234 g/mol. The molecule has 0 aliphatic rings. The number of benzene rings is 1. The highest BCUT2D eigenvalue weighted by Crippen LogP contribution is 2.07. The summed E-state index contributed by atoms with van der Waals surface area (Å²) in [7, 11) is 0. The molecule has 1 rings (SSSR count). The molecule has 1 unspecified atom stereocenters. The van der Waals surface area contributed by atoms with Gasteiger partial charge in [0.15, 0.2) is 0 Å². The summed E-state index contributed by atoms with van der Waals surface area (Å²) in [5, 5.41) is 9.72. The van der Waals surface area contributed by atoms with Crippen LogP contribution < -0.4 is 0 Å². The summed E-state index contributed by atoms with van der Waals surface area (Å²) < 4.78 is 0. The Bertz CT molecular complexity index is 312. The topological polar surface area (TPSA) is 23.5 Å². The molecule has 0 heterocycles. The van der Waals surface area contributed by atoms with Gasteiger partial charge in [-0.3, -0.25) is 0 Å². The highest BCUT2D eigenvalue weighted by Gasteiger charge is 2.06. The summed E-state index contributed by atoms with van der Waals surface area (Å²) in [6.07, 6.45) is 5.08. The van der Waals surface area contributed by atoms with Gasteiger partial charge in [0.25, 0.3) is 0 Å². The first-order valence-corrected chi connectivity index (χ1v) is 7.70. The fourth-order valence-electron chi connectivity index (χ4n) is 2.39. The molecule has 1 atom stereocenters. The summed E-state index contributed by atoms with van der Waals surface area (Å²) >= 11 is 0. The second-order valence-electron chi connectivity index (χ2n) is 5.25. The smallest absolute Gasteiger partial charge is 0.0540 e. The second kappa shape index (κ2) is 9.99. The van der Waals surface area contributed by atoms with Crippen molar-refractivity contribution in [1.29, 1.82) is 0 Å². The predicted octanol–water partition coefficient (Wildman–Crippen LogP) is 3.49. The van der Waals surface area contributed by atoms with Crippen molar-refractivity contribution in [2.24, 2.45) is 0 Å². The minimum Gasteiger partial charge on any atom is -0.393 e. The van der Waals surface area contributed by atoms with Crippen LogP contribution in [0, 0.1) is 0 Å². The van der Waals surface area contributed by atoms with Crippen LogP contribution in [0.5, 0.6) is 0 Å². The molecule has 0 saturated carbocycles. The van der Waals surface area contributed by atoms with Crippen LogP contribution in [0.25, 0.3) is 0 Å². The molecule has 1 aromatic rings. The third-order valence-corrected chi connectivity index (χ3v) is 3.64. The van der Waals surface area contributed by atoms with Crippen LogP contribution in [0.3, 0.4) is 0 Å². The molecule has 1 aromatic carbocycles. The maximum absolute atomic E-state index is 9.72. The first-order valence-electron chi connectivity index (χ1n) is 7.70. The van der Waals surface area contributed by atoms with Crippen molar-refractivity contribution in [3.05, 3.63) is 35.9 Å². The molecule has 1 N–H and O–H groups in total. The highest BCUT2D eigenvalue weighted by molar-refractivity contribution is 5.14. The summed E-state index contributed by atoms with van der Waals surface area (Å²) in [6, 6.07) is 10.7. The quantitative estimate of drug-likeness (QED) is 0.698. The van der Waals surface area contributed by atoms with Crippen molar-refractivity contribution in [2.45, 2.75) is 52.1 Å². The lowest BCUT2D eigenvalue weighted by Gasteiger charge is -2.21. The van der Waals surface area contributed by atoms with E-state index in [1.54, 1.807) is 0 Å². The molecule has 0 radical (unpaired) electrons. The Morgan fingerprint density at radius 2 is 1.79 bits per heavy atom. The van der Waals surface area contributed by atoms with Gasteiger partial charge in [-0.25, -0.2) is 0 Å². The van der Waals surface area contributed by atoms with E-state index in [9.17, 15) is 5.11 Å². The Balaban J connectivity index is 2.19. The molecule has 19 heavy (non-hydrogen) atoms. The molecule has 0 spiro atoms. The molecule has 0 amide bonds. The number of rotatable bonds is 10. The Hall–Kier alpha value is -0.860. The van der Waals surface area contributed by atoms with E-state index in [0.717, 1.165) is 51.7 Å². The van der Waals surface area contributed by atoms with E-state index in [1.807, 2.05) is 0 Å². The van der Waals surface area contributed by atoms with Gasteiger partial charge in [-0.05, 0) is 44.3 Å². The molecule has 2 nitrogen and oxygen atoms in total. The molecule has 0 aliphatic heterocycles. The minimum atomic E-state index is -0.0992. The average Bonchev–Trinajstić information content (AvgIpc) is 2.44. The Labute approximate surface area is 118 Å². The summed E-state index contributed by atoms with van der Waals surface area (Å²) in [5.74, 6) is 0. The average molecular weight is 263 g/mol. The van der Waals surface area contributed by atoms with E-state index in [1.165, 1.54) is 5.56 Å². The van der Waals surface area contributed by atoms with E-state index >= 15 is 0 Å². The van der Waals surface area contributed by atoms with Crippen molar-refractivity contribution in [3.8, 4) is 0 Å². The zero-order valence-electron chi connectivity index (χ0n) is 12.5. The van der Waals surface area contributed by atoms with Crippen molar-refractivity contribution < 1.29 is 5.11 Å². The van der Waals surface area contributed by atoms with Crippen molar-refractivity contribution in [2.75, 3.05) is 19.6 Å². The van der Waals surface area contributed by atoms with Crippen molar-refractivity contribution in [1.82, 2.24) is 4.90 Å². The lowest BCUT2D eigenvalue weighted by molar-refractivity contribution is 0.144. The highest BCUT2D eigenvalue weighted by atomic mass is 16.3. The number of hydrogen-bond acceptors (Lipinski definition) is 2. The van der Waals surface area contributed by atoms with Gasteiger partial charge in [0.2, 0.25) is 0 Å². The van der Waals surface area contributed by atoms with Gasteiger partial charge in [-0.15, -0.1) is 0 Å². The molecule has 0 saturated heterocycles. The monoisotopic (exact) mass is 263 g/mol. The molecule has 0 bridgehead atoms. The van der Waals surface area contributed by atoms with Gasteiger partial charge in [0.05, 0.1) is 6.10 Å². The normalized spacial score (nSPS) is 12.8. The van der Waals surface area contributed by atoms with Crippen LogP contribution in [0.1, 0.15) is 45.1 Å². The molecule has 2 heteroatoms. The van der Waals surface area contributed by atoms with E-state index in [0.29, 0.717) is 0 Å². The lowest BCUT2D eigenvalue weighted by Crippen LogP contribution is -2.27. The van der Waals surface area contributed by atoms with Gasteiger partial charge in [-0.1, -0.05) is 50.6 Å². The van der Waals surface area contributed by atoms with Crippen LogP contribution >= 0.6 is 0 Å². The third kappa shape index (κ3) is 7.34. The third-order valence-electron chi connectivity index (χ3n) is 3.64. The number of aliphatic hydroxyl groups excluding tert-OH is 1. The summed E-state index contributed by atoms with van der Waals surface area (Å²) in [6.45, 7) is 7.65. The number of hydrogen-bond donors (Lipinski definition) is 1. The van der Waals surface area contributed by atoms with Gasteiger partial charge in [-0.2, -0.15) is 0 Å². The van der Waals surface area contributed by atoms with Gasteiger partial charge in [0, 0.05) is 6.54 Å². The number of likely N-dealkylation sites (N-methyl/N-ethyl adjacent to an activating group) is 1. The van der Waals surface area contributed by atoms with Crippen LogP contribution in [0.4, 0.5) is 0 Å². The van der Waals surface area contributed by atoms with Crippen LogP contribution in [-0.4, -0.2) is 35.7 Å². The zero-order valence-corrected chi connectivity index (χ0v) is 12.5. The van der Waals surface area contributed by atoms with Crippen molar-refractivity contribution in [3.63, 3.8) is 0 Å². The second-order valence-corrected chi connectivity index (χ2v) is 5.25. The molecular formula is C17H29NO. The summed E-state index contributed by atoms with van der Waals surface area (Å²) in [5.41, 5.74) is 1.41. The Morgan fingerprint density at radius 1 is 1.05 bits per heavy atom. The standard InChI is InChI=1S/C17H29NO/c1-3-9-17(19)12-8-14-18(4-2)15-13-16-10-6-5-7-11-16/h5-7,10-11,17,19H,3-4,8-9,12-15H2,1-2H3. The SMILES string of the molecule is CCCC(O)CCCN(CC)CCc1ccccc1. The van der Waals surface area contributed by atoms with Gasteiger partial charge in [0.1, 0.15) is 0 Å². The number of aliphatic hydroxyl groups is 1. The largest absolute Gasteiger partial charge is 0.393 e. The number of nitrogens with zero attached hydrogens (tertiary/aromatic N) is 1. The predicted molar refractivity (Wildman–Crippen MR) is 82.4 cm³/mol. The molecule has 108 valence electrons. The Kier molecular flexibility index (Phi) is 8.52. The van der Waals surface area contributed by atoms with Crippen LogP contribution in [-0.2, 0) is 6.42 Å². The van der Waals surface area contributed by atoms with E-state index < -0.39 is 0 Å². The van der Waals surface area contributed by atoms with E-state index in [4.69, 9.17) is 0 Å². The van der Waals surface area contributed by atoms with E-state index in [2.05, 4.69) is 49.1 Å². The van der Waals surface area contributed by atoms with Crippen molar-refractivity contribution >= 4 is 0 Å². The van der Waals surface area contributed by atoms with E-state index in [-0.39, 0.29) is 6.10 Å². The first kappa shape index (κ1) is 16.2. The first-order chi connectivity index (χ1) is 9.26. The Morgan fingerprint density at radius 3 is 2.42 bits per heavy atom.